The van der Waals surface area contributed by atoms with Crippen LogP contribution in [-0.2, 0) is 17.8 Å². The molecule has 2 aromatic heterocycles. The smallest absolute Gasteiger partial charge is 0.251 e. The lowest BCUT2D eigenvalue weighted by Crippen LogP contribution is -2.32. The Bertz CT molecular complexity index is 623. The maximum atomic E-state index is 11.7. The zero-order chi connectivity index (χ0) is 14.4. The summed E-state index contributed by atoms with van der Waals surface area (Å²) in [6, 6.07) is 3.06. The molecule has 0 atom stereocenters. The Kier molecular flexibility index (Phi) is 5.05. The van der Waals surface area contributed by atoms with Crippen molar-refractivity contribution in [1.82, 2.24) is 25.1 Å². The number of amides is 1. The largest absolute Gasteiger partial charge is 0.355 e. The quantitative estimate of drug-likeness (QED) is 0.748. The SMILES string of the molecule is O=C(Cn1cc(Br)ccc1=O)NCCCc1ncn[nH]1. The van der Waals surface area contributed by atoms with Crippen LogP contribution >= 0.6 is 15.9 Å². The lowest BCUT2D eigenvalue weighted by atomic mass is 10.3. The van der Waals surface area contributed by atoms with Crippen LogP contribution in [0.2, 0.25) is 0 Å². The maximum Gasteiger partial charge on any atom is 0.251 e. The molecule has 7 nitrogen and oxygen atoms in total. The minimum Gasteiger partial charge on any atom is -0.355 e. The van der Waals surface area contributed by atoms with Gasteiger partial charge >= 0.3 is 0 Å². The molecule has 2 aromatic rings. The fraction of sp³-hybridized carbons (Fsp3) is 0.333. The third kappa shape index (κ3) is 4.30. The number of rotatable bonds is 6. The van der Waals surface area contributed by atoms with E-state index in [1.54, 1.807) is 12.3 Å². The predicted octanol–water partition coefficient (Wildman–Crippen LogP) is 0.478. The van der Waals surface area contributed by atoms with E-state index < -0.39 is 0 Å². The molecule has 0 aliphatic rings. The molecule has 0 unspecified atom stereocenters. The van der Waals surface area contributed by atoms with Crippen LogP contribution in [0.4, 0.5) is 0 Å². The van der Waals surface area contributed by atoms with E-state index >= 15 is 0 Å². The summed E-state index contributed by atoms with van der Waals surface area (Å²) in [5.74, 6) is 0.602. The van der Waals surface area contributed by atoms with Crippen molar-refractivity contribution in [2.75, 3.05) is 6.54 Å². The van der Waals surface area contributed by atoms with Gasteiger partial charge in [-0.1, -0.05) is 0 Å². The van der Waals surface area contributed by atoms with Crippen LogP contribution in [0.25, 0.3) is 0 Å². The van der Waals surface area contributed by atoms with E-state index in [0.717, 1.165) is 23.1 Å². The topological polar surface area (TPSA) is 92.7 Å². The van der Waals surface area contributed by atoms with Crippen LogP contribution in [0.1, 0.15) is 12.2 Å². The molecule has 0 spiro atoms. The molecule has 106 valence electrons. The summed E-state index contributed by atoms with van der Waals surface area (Å²) in [6.45, 7) is 0.545. The van der Waals surface area contributed by atoms with Gasteiger partial charge in [-0.25, -0.2) is 4.98 Å². The average Bonchev–Trinajstić information content (AvgIpc) is 2.92. The van der Waals surface area contributed by atoms with Gasteiger partial charge in [-0.15, -0.1) is 0 Å². The molecule has 2 heterocycles. The van der Waals surface area contributed by atoms with Gasteiger partial charge < -0.3 is 9.88 Å². The molecule has 0 aromatic carbocycles. The fourth-order valence-electron chi connectivity index (χ4n) is 1.67. The lowest BCUT2D eigenvalue weighted by molar-refractivity contribution is -0.121. The Balaban J connectivity index is 1.75. The molecule has 0 saturated carbocycles. The summed E-state index contributed by atoms with van der Waals surface area (Å²) in [4.78, 5) is 27.2. The minimum absolute atomic E-state index is 0.0145. The van der Waals surface area contributed by atoms with Crippen LogP contribution < -0.4 is 10.9 Å². The molecule has 8 heteroatoms. The number of nitrogens with zero attached hydrogens (tertiary/aromatic N) is 3. The third-order valence-corrected chi connectivity index (χ3v) is 3.11. The van der Waals surface area contributed by atoms with Crippen molar-refractivity contribution in [1.29, 1.82) is 0 Å². The van der Waals surface area contributed by atoms with E-state index in [0.29, 0.717) is 6.54 Å². The summed E-state index contributed by atoms with van der Waals surface area (Å²) in [5, 5.41) is 9.26. The highest BCUT2D eigenvalue weighted by Crippen LogP contribution is 2.04. The van der Waals surface area contributed by atoms with Gasteiger partial charge in [0.25, 0.3) is 5.56 Å². The minimum atomic E-state index is -0.204. The van der Waals surface area contributed by atoms with Crippen molar-refractivity contribution in [2.24, 2.45) is 0 Å². The number of halogens is 1. The van der Waals surface area contributed by atoms with Gasteiger partial charge in [0.1, 0.15) is 18.7 Å². The highest BCUT2D eigenvalue weighted by Gasteiger charge is 2.04. The zero-order valence-corrected chi connectivity index (χ0v) is 12.3. The predicted molar refractivity (Wildman–Crippen MR) is 76.1 cm³/mol. The monoisotopic (exact) mass is 339 g/mol. The summed E-state index contributed by atoms with van der Waals surface area (Å²) < 4.78 is 2.12. The van der Waals surface area contributed by atoms with Crippen LogP contribution in [-0.4, -0.2) is 32.2 Å². The Morgan fingerprint density at radius 2 is 2.30 bits per heavy atom. The number of pyridine rings is 1. The van der Waals surface area contributed by atoms with Crippen molar-refractivity contribution < 1.29 is 4.79 Å². The van der Waals surface area contributed by atoms with Gasteiger partial charge in [0.05, 0.1) is 0 Å². The second-order valence-corrected chi connectivity index (χ2v) is 5.11. The van der Waals surface area contributed by atoms with Crippen molar-refractivity contribution >= 4 is 21.8 Å². The molecule has 2 N–H and O–H groups in total. The normalized spacial score (nSPS) is 10.4. The Morgan fingerprint density at radius 3 is 3.05 bits per heavy atom. The number of hydrogen-bond donors (Lipinski definition) is 2. The molecule has 1 amide bonds. The lowest BCUT2D eigenvalue weighted by Gasteiger charge is -2.07. The first-order chi connectivity index (χ1) is 9.65. The number of aryl methyl sites for hydroxylation is 1. The summed E-state index contributed by atoms with van der Waals surface area (Å²) in [6.07, 6.45) is 4.52. The van der Waals surface area contributed by atoms with Crippen molar-refractivity contribution in [3.63, 3.8) is 0 Å². The molecule has 20 heavy (non-hydrogen) atoms. The number of carbonyl (C=O) groups excluding carboxylic acids is 1. The molecule has 0 saturated heterocycles. The molecule has 0 aliphatic heterocycles. The molecule has 2 rings (SSSR count). The average molecular weight is 340 g/mol. The number of aromatic amines is 1. The number of hydrogen-bond acceptors (Lipinski definition) is 4. The molecule has 0 bridgehead atoms. The Morgan fingerprint density at radius 1 is 1.45 bits per heavy atom. The fourth-order valence-corrected chi connectivity index (χ4v) is 2.05. The summed E-state index contributed by atoms with van der Waals surface area (Å²) in [5.41, 5.74) is -0.204. The second kappa shape index (κ2) is 6.99. The van der Waals surface area contributed by atoms with Gasteiger partial charge in [0.15, 0.2) is 0 Å². The molecular formula is C12H14BrN5O2. The molecular weight excluding hydrogens is 326 g/mol. The van der Waals surface area contributed by atoms with Crippen LogP contribution in [0.15, 0.2) is 33.9 Å². The third-order valence-electron chi connectivity index (χ3n) is 2.64. The van der Waals surface area contributed by atoms with Crippen LogP contribution in [0.5, 0.6) is 0 Å². The zero-order valence-electron chi connectivity index (χ0n) is 10.7. The molecule has 0 radical (unpaired) electrons. The van der Waals surface area contributed by atoms with E-state index in [4.69, 9.17) is 0 Å². The number of nitrogens with one attached hydrogen (secondary N) is 2. The van der Waals surface area contributed by atoms with Crippen molar-refractivity contribution in [3.05, 3.63) is 45.3 Å². The maximum absolute atomic E-state index is 11.7. The Labute approximate surface area is 123 Å². The first kappa shape index (κ1) is 14.4. The first-order valence-electron chi connectivity index (χ1n) is 6.12. The van der Waals surface area contributed by atoms with E-state index in [9.17, 15) is 9.59 Å². The van der Waals surface area contributed by atoms with E-state index in [2.05, 4.69) is 36.4 Å². The number of aromatic nitrogens is 4. The highest BCUT2D eigenvalue weighted by molar-refractivity contribution is 9.10. The van der Waals surface area contributed by atoms with Crippen molar-refractivity contribution in [2.45, 2.75) is 19.4 Å². The molecule has 0 aliphatic carbocycles. The highest BCUT2D eigenvalue weighted by atomic mass is 79.9. The Hall–Kier alpha value is -1.96. The standard InChI is InChI=1S/C12H14BrN5O2/c13-9-3-4-12(20)18(6-9)7-11(19)14-5-1-2-10-15-8-16-17-10/h3-4,6,8H,1-2,5,7H2,(H,14,19)(H,15,16,17). The second-order valence-electron chi connectivity index (χ2n) is 4.20. The van der Waals surface area contributed by atoms with Crippen molar-refractivity contribution in [3.8, 4) is 0 Å². The molecule has 0 fully saturated rings. The van der Waals surface area contributed by atoms with Gasteiger partial charge in [-0.2, -0.15) is 5.10 Å². The summed E-state index contributed by atoms with van der Waals surface area (Å²) in [7, 11) is 0. The van der Waals surface area contributed by atoms with Gasteiger partial charge in [0.2, 0.25) is 5.91 Å². The van der Waals surface area contributed by atoms with Gasteiger partial charge in [-0.3, -0.25) is 14.7 Å². The van der Waals surface area contributed by atoms with E-state index in [1.807, 2.05) is 0 Å². The van der Waals surface area contributed by atoms with E-state index in [-0.39, 0.29) is 18.0 Å². The van der Waals surface area contributed by atoms with Gasteiger partial charge in [0, 0.05) is 29.7 Å². The summed E-state index contributed by atoms with van der Waals surface area (Å²) >= 11 is 3.26. The number of carbonyl (C=O) groups is 1. The van der Waals surface area contributed by atoms with E-state index in [1.165, 1.54) is 17.0 Å². The van der Waals surface area contributed by atoms with Gasteiger partial charge in [-0.05, 0) is 28.4 Å². The number of H-pyrrole nitrogens is 1. The van der Waals surface area contributed by atoms with Crippen LogP contribution in [0, 0.1) is 0 Å². The first-order valence-corrected chi connectivity index (χ1v) is 6.91. The van der Waals surface area contributed by atoms with Crippen LogP contribution in [0.3, 0.4) is 0 Å².